The van der Waals surface area contributed by atoms with Gasteiger partial charge in [-0.3, -0.25) is 0 Å². The van der Waals surface area contributed by atoms with E-state index in [1.165, 1.54) is 38.5 Å². The second-order valence-electron chi connectivity index (χ2n) is 4.47. The molecule has 0 radical (unpaired) electrons. The summed E-state index contributed by atoms with van der Waals surface area (Å²) in [6.45, 7) is 5.77. The van der Waals surface area contributed by atoms with Crippen molar-refractivity contribution >= 4 is 11.8 Å². The highest BCUT2D eigenvalue weighted by molar-refractivity contribution is 7.99. The molecule has 0 aliphatic carbocycles. The first-order valence-electron chi connectivity index (χ1n) is 6.63. The first-order valence-corrected chi connectivity index (χ1v) is 7.92. The molecular formula is C13H29NOS. The minimum Gasteiger partial charge on any atom is -0.395 e. The molecule has 0 aliphatic rings. The van der Waals surface area contributed by atoms with Gasteiger partial charge in [0.1, 0.15) is 0 Å². The number of rotatable bonds is 11. The lowest BCUT2D eigenvalue weighted by atomic mass is 10.1. The zero-order valence-corrected chi connectivity index (χ0v) is 12.0. The highest BCUT2D eigenvalue weighted by Gasteiger charge is 2.13. The topological polar surface area (TPSA) is 32.3 Å². The minimum atomic E-state index is 0.270. The number of aliphatic hydroxyl groups is 1. The monoisotopic (exact) mass is 247 g/mol. The van der Waals surface area contributed by atoms with Gasteiger partial charge < -0.3 is 10.4 Å². The van der Waals surface area contributed by atoms with E-state index in [1.807, 2.05) is 0 Å². The van der Waals surface area contributed by atoms with Crippen LogP contribution in [0.2, 0.25) is 0 Å². The van der Waals surface area contributed by atoms with E-state index in [2.05, 4.69) is 25.4 Å². The van der Waals surface area contributed by atoms with Gasteiger partial charge in [-0.05, 0) is 26.1 Å². The Balaban J connectivity index is 3.30. The van der Waals surface area contributed by atoms with Crippen molar-refractivity contribution in [2.45, 2.75) is 63.7 Å². The molecule has 0 rings (SSSR count). The third-order valence-electron chi connectivity index (χ3n) is 3.04. The van der Waals surface area contributed by atoms with Crippen molar-refractivity contribution in [3.8, 4) is 0 Å². The van der Waals surface area contributed by atoms with Gasteiger partial charge in [0.25, 0.3) is 0 Å². The summed E-state index contributed by atoms with van der Waals surface area (Å²) in [5.74, 6) is 0. The standard InChI is InChI=1S/C13H29NOS/c1-4-5-6-7-8-9-10-14-12(2)13(11-15)16-3/h12-15H,4-11H2,1-3H3. The molecule has 0 bridgehead atoms. The van der Waals surface area contributed by atoms with Crippen LogP contribution in [0.15, 0.2) is 0 Å². The molecule has 0 aromatic rings. The van der Waals surface area contributed by atoms with Gasteiger partial charge in [-0.2, -0.15) is 11.8 Å². The van der Waals surface area contributed by atoms with Gasteiger partial charge in [0.2, 0.25) is 0 Å². The van der Waals surface area contributed by atoms with Gasteiger partial charge in [0.15, 0.2) is 0 Å². The van der Waals surface area contributed by atoms with Crippen molar-refractivity contribution in [2.24, 2.45) is 0 Å². The molecule has 98 valence electrons. The molecule has 2 nitrogen and oxygen atoms in total. The second-order valence-corrected chi connectivity index (χ2v) is 5.54. The third-order valence-corrected chi connectivity index (χ3v) is 4.20. The maximum Gasteiger partial charge on any atom is 0.0564 e. The Bertz CT molecular complexity index is 140. The molecule has 0 aromatic carbocycles. The molecule has 2 N–H and O–H groups in total. The van der Waals surface area contributed by atoms with Crippen molar-refractivity contribution in [2.75, 3.05) is 19.4 Å². The molecule has 3 heteroatoms. The van der Waals surface area contributed by atoms with Crippen LogP contribution in [0.3, 0.4) is 0 Å². The predicted molar refractivity (Wildman–Crippen MR) is 75.2 cm³/mol. The van der Waals surface area contributed by atoms with E-state index in [0.717, 1.165) is 6.54 Å². The number of hydrogen-bond donors (Lipinski definition) is 2. The van der Waals surface area contributed by atoms with Gasteiger partial charge in [0, 0.05) is 11.3 Å². The predicted octanol–water partition coefficient (Wildman–Crippen LogP) is 3.05. The first-order chi connectivity index (χ1) is 7.76. The molecular weight excluding hydrogens is 218 g/mol. The normalized spacial score (nSPS) is 15.0. The van der Waals surface area contributed by atoms with Crippen molar-refractivity contribution in [3.63, 3.8) is 0 Å². The van der Waals surface area contributed by atoms with Crippen LogP contribution in [0.4, 0.5) is 0 Å². The number of unbranched alkanes of at least 4 members (excludes halogenated alkanes) is 5. The average molecular weight is 247 g/mol. The number of nitrogens with one attached hydrogen (secondary N) is 1. The average Bonchev–Trinajstić information content (AvgIpc) is 2.29. The van der Waals surface area contributed by atoms with E-state index >= 15 is 0 Å². The highest BCUT2D eigenvalue weighted by atomic mass is 32.2. The fourth-order valence-corrected chi connectivity index (χ4v) is 2.46. The van der Waals surface area contributed by atoms with Gasteiger partial charge in [-0.25, -0.2) is 0 Å². The smallest absolute Gasteiger partial charge is 0.0564 e. The Morgan fingerprint density at radius 3 is 2.31 bits per heavy atom. The van der Waals surface area contributed by atoms with Gasteiger partial charge in [-0.15, -0.1) is 0 Å². The summed E-state index contributed by atoms with van der Waals surface area (Å²) in [6.07, 6.45) is 10.1. The quantitative estimate of drug-likeness (QED) is 0.550. The Morgan fingerprint density at radius 2 is 1.75 bits per heavy atom. The summed E-state index contributed by atoms with van der Waals surface area (Å²) >= 11 is 1.74. The fraction of sp³-hybridized carbons (Fsp3) is 1.00. The molecule has 16 heavy (non-hydrogen) atoms. The molecule has 0 amide bonds. The molecule has 2 unspecified atom stereocenters. The maximum atomic E-state index is 9.14. The lowest BCUT2D eigenvalue weighted by molar-refractivity contribution is 0.276. The first kappa shape index (κ1) is 16.3. The van der Waals surface area contributed by atoms with E-state index in [4.69, 9.17) is 5.11 Å². The molecule has 0 saturated carbocycles. The van der Waals surface area contributed by atoms with E-state index in [1.54, 1.807) is 11.8 Å². The van der Waals surface area contributed by atoms with E-state index < -0.39 is 0 Å². The Kier molecular flexibility index (Phi) is 11.9. The number of thioether (sulfide) groups is 1. The summed E-state index contributed by atoms with van der Waals surface area (Å²) in [6, 6.07) is 0.413. The number of hydrogen-bond acceptors (Lipinski definition) is 3. The van der Waals surface area contributed by atoms with Crippen LogP contribution in [-0.4, -0.2) is 35.8 Å². The molecule has 0 saturated heterocycles. The van der Waals surface area contributed by atoms with Crippen molar-refractivity contribution in [3.05, 3.63) is 0 Å². The highest BCUT2D eigenvalue weighted by Crippen LogP contribution is 2.10. The molecule has 0 spiro atoms. The van der Waals surface area contributed by atoms with Crippen LogP contribution in [0.1, 0.15) is 52.4 Å². The molecule has 0 aromatic heterocycles. The Morgan fingerprint density at radius 1 is 1.12 bits per heavy atom. The minimum absolute atomic E-state index is 0.270. The largest absolute Gasteiger partial charge is 0.395 e. The van der Waals surface area contributed by atoms with Gasteiger partial charge in [-0.1, -0.05) is 39.0 Å². The zero-order chi connectivity index (χ0) is 12.2. The van der Waals surface area contributed by atoms with Gasteiger partial charge >= 0.3 is 0 Å². The molecule has 0 aliphatic heterocycles. The van der Waals surface area contributed by atoms with Crippen LogP contribution < -0.4 is 5.32 Å². The van der Waals surface area contributed by atoms with Crippen LogP contribution in [0.25, 0.3) is 0 Å². The molecule has 0 fully saturated rings. The van der Waals surface area contributed by atoms with E-state index in [-0.39, 0.29) is 6.61 Å². The third kappa shape index (κ3) is 8.43. The van der Waals surface area contributed by atoms with Crippen LogP contribution >= 0.6 is 11.8 Å². The summed E-state index contributed by atoms with van der Waals surface area (Å²) < 4.78 is 0. The van der Waals surface area contributed by atoms with Crippen molar-refractivity contribution in [1.82, 2.24) is 5.32 Å². The van der Waals surface area contributed by atoms with Crippen LogP contribution in [-0.2, 0) is 0 Å². The van der Waals surface area contributed by atoms with E-state index in [0.29, 0.717) is 11.3 Å². The second kappa shape index (κ2) is 11.7. The summed E-state index contributed by atoms with van der Waals surface area (Å²) in [4.78, 5) is 0. The fourth-order valence-electron chi connectivity index (χ4n) is 1.80. The SMILES string of the molecule is CCCCCCCCNC(C)C(CO)SC. The summed E-state index contributed by atoms with van der Waals surface area (Å²) in [5.41, 5.74) is 0. The van der Waals surface area contributed by atoms with E-state index in [9.17, 15) is 0 Å². The van der Waals surface area contributed by atoms with Gasteiger partial charge in [0.05, 0.1) is 6.61 Å². The maximum absolute atomic E-state index is 9.14. The Labute approximate surface area is 106 Å². The summed E-state index contributed by atoms with van der Waals surface area (Å²) in [5, 5.41) is 13.0. The molecule has 2 atom stereocenters. The Hall–Kier alpha value is 0.270. The zero-order valence-electron chi connectivity index (χ0n) is 11.2. The lowest BCUT2D eigenvalue weighted by Gasteiger charge is -2.21. The lowest BCUT2D eigenvalue weighted by Crippen LogP contribution is -2.37. The summed E-state index contributed by atoms with van der Waals surface area (Å²) in [7, 11) is 0. The van der Waals surface area contributed by atoms with Crippen LogP contribution in [0, 0.1) is 0 Å². The van der Waals surface area contributed by atoms with Crippen molar-refractivity contribution < 1.29 is 5.11 Å². The number of aliphatic hydroxyl groups excluding tert-OH is 1. The molecule has 0 heterocycles. The van der Waals surface area contributed by atoms with Crippen LogP contribution in [0.5, 0.6) is 0 Å². The van der Waals surface area contributed by atoms with Crippen molar-refractivity contribution in [1.29, 1.82) is 0 Å².